The summed E-state index contributed by atoms with van der Waals surface area (Å²) < 4.78 is 0. The van der Waals surface area contributed by atoms with Crippen molar-refractivity contribution in [3.63, 3.8) is 0 Å². The van der Waals surface area contributed by atoms with Crippen LogP contribution in [-0.4, -0.2) is 28.7 Å². The van der Waals surface area contributed by atoms with Gasteiger partial charge in [-0.15, -0.1) is 0 Å². The molecule has 1 saturated heterocycles. The van der Waals surface area contributed by atoms with Crippen LogP contribution >= 0.6 is 0 Å². The first-order valence-electron chi connectivity index (χ1n) is 7.49. The predicted molar refractivity (Wildman–Crippen MR) is 81.4 cm³/mol. The summed E-state index contributed by atoms with van der Waals surface area (Å²) in [5.41, 5.74) is -2.35. The summed E-state index contributed by atoms with van der Waals surface area (Å²) in [6.07, 6.45) is 3.11. The first-order chi connectivity index (χ1) is 9.73. The lowest BCUT2D eigenvalue weighted by Crippen LogP contribution is -2.37. The molecule has 130 valence electrons. The molecule has 1 atom stereocenters. The molecule has 0 aromatic rings. The molecule has 1 aliphatic rings. The maximum Gasteiger partial charge on any atom is 0.259 e. The molecule has 0 bridgehead atoms. The Morgan fingerprint density at radius 1 is 0.636 bits per heavy atom. The first kappa shape index (κ1) is 19.5. The minimum absolute atomic E-state index is 0.386. The van der Waals surface area contributed by atoms with Crippen molar-refractivity contribution in [1.82, 2.24) is 0 Å². The molecule has 6 nitrogen and oxygen atoms in total. The highest BCUT2D eigenvalue weighted by Gasteiger charge is 2.48. The van der Waals surface area contributed by atoms with Crippen LogP contribution in [0.5, 0.6) is 0 Å². The highest BCUT2D eigenvalue weighted by molar-refractivity contribution is 5.08. The van der Waals surface area contributed by atoms with E-state index in [-0.39, 0.29) is 5.60 Å². The fourth-order valence-electron chi connectivity index (χ4n) is 1.21. The van der Waals surface area contributed by atoms with E-state index in [4.69, 9.17) is 29.3 Å². The van der Waals surface area contributed by atoms with Gasteiger partial charge in [0.2, 0.25) is 0 Å². The lowest BCUT2D eigenvalue weighted by atomic mass is 10.0. The van der Waals surface area contributed by atoms with E-state index in [9.17, 15) is 0 Å². The number of rotatable bonds is 7. The largest absolute Gasteiger partial charge is 0.259 e. The van der Waals surface area contributed by atoms with Crippen molar-refractivity contribution in [2.75, 3.05) is 0 Å². The van der Waals surface area contributed by atoms with Crippen LogP contribution in [0.15, 0.2) is 12.2 Å². The third-order valence-electron chi connectivity index (χ3n) is 2.45. The van der Waals surface area contributed by atoms with Crippen LogP contribution in [0.2, 0.25) is 0 Å². The first-order valence-corrected chi connectivity index (χ1v) is 7.49. The van der Waals surface area contributed by atoms with E-state index in [0.717, 1.165) is 0 Å². The Bertz CT molecular complexity index is 386. The van der Waals surface area contributed by atoms with E-state index < -0.39 is 23.1 Å². The normalized spacial score (nSPS) is 20.4. The van der Waals surface area contributed by atoms with Gasteiger partial charge in [0.25, 0.3) is 6.29 Å². The highest BCUT2D eigenvalue weighted by Crippen LogP contribution is 2.33. The minimum Gasteiger partial charge on any atom is -0.230 e. The Morgan fingerprint density at radius 2 is 1.09 bits per heavy atom. The van der Waals surface area contributed by atoms with Crippen molar-refractivity contribution in [3.05, 3.63) is 12.2 Å². The maximum absolute atomic E-state index is 5.53. The molecule has 0 N–H and O–H groups in total. The number of hydrogen-bond acceptors (Lipinski definition) is 6. The molecular formula is C16H30O6. The molecule has 1 unspecified atom stereocenters. The van der Waals surface area contributed by atoms with Crippen LogP contribution in [0.1, 0.15) is 62.3 Å². The summed E-state index contributed by atoms with van der Waals surface area (Å²) in [5.74, 6) is 0. The summed E-state index contributed by atoms with van der Waals surface area (Å²) >= 11 is 0. The van der Waals surface area contributed by atoms with Crippen molar-refractivity contribution < 1.29 is 29.3 Å². The van der Waals surface area contributed by atoms with Gasteiger partial charge in [-0.05, 0) is 68.4 Å². The summed E-state index contributed by atoms with van der Waals surface area (Å²) in [6.45, 7) is 17.0. The zero-order valence-electron chi connectivity index (χ0n) is 15.2. The zero-order valence-corrected chi connectivity index (χ0v) is 15.2. The fraction of sp³-hybridized carbons (Fsp3) is 0.875. The second kappa shape index (κ2) is 6.55. The fourth-order valence-corrected chi connectivity index (χ4v) is 1.21. The maximum atomic E-state index is 5.53. The second-order valence-corrected chi connectivity index (χ2v) is 8.20. The van der Waals surface area contributed by atoms with Gasteiger partial charge in [-0.25, -0.2) is 19.6 Å². The van der Waals surface area contributed by atoms with Crippen molar-refractivity contribution in [3.8, 4) is 0 Å². The lowest BCUT2D eigenvalue weighted by molar-refractivity contribution is -0.395. The second-order valence-electron chi connectivity index (χ2n) is 8.20. The van der Waals surface area contributed by atoms with Gasteiger partial charge in [0.1, 0.15) is 5.60 Å². The summed E-state index contributed by atoms with van der Waals surface area (Å²) in [5, 5.41) is 0. The minimum atomic E-state index is -0.879. The quantitative estimate of drug-likeness (QED) is 0.307. The predicted octanol–water partition coefficient (Wildman–Crippen LogP) is 3.86. The molecule has 0 radical (unpaired) electrons. The van der Waals surface area contributed by atoms with Crippen LogP contribution in [-0.2, 0) is 29.3 Å². The smallest absolute Gasteiger partial charge is 0.230 e. The van der Waals surface area contributed by atoms with E-state index in [2.05, 4.69) is 0 Å². The topological polar surface area (TPSA) is 62.0 Å². The molecule has 1 heterocycles. The SMILES string of the molecule is CC(C)(C)OOC(C)(C)/C=C/C(C)(OOC(C)(C)C)C1OO1. The third kappa shape index (κ3) is 7.67. The van der Waals surface area contributed by atoms with E-state index >= 15 is 0 Å². The van der Waals surface area contributed by atoms with E-state index in [0.29, 0.717) is 0 Å². The summed E-state index contributed by atoms with van der Waals surface area (Å²) in [6, 6.07) is 0. The Hall–Kier alpha value is -0.500. The molecule has 0 aromatic carbocycles. The van der Waals surface area contributed by atoms with Crippen molar-refractivity contribution >= 4 is 0 Å². The highest BCUT2D eigenvalue weighted by atomic mass is 17.4. The van der Waals surface area contributed by atoms with E-state index in [1.165, 1.54) is 0 Å². The van der Waals surface area contributed by atoms with Gasteiger partial charge in [-0.2, -0.15) is 9.78 Å². The van der Waals surface area contributed by atoms with Crippen LogP contribution < -0.4 is 0 Å². The van der Waals surface area contributed by atoms with Crippen molar-refractivity contribution in [2.24, 2.45) is 0 Å². The molecule has 6 heteroatoms. The van der Waals surface area contributed by atoms with Gasteiger partial charge < -0.3 is 0 Å². The van der Waals surface area contributed by atoms with Crippen molar-refractivity contribution in [1.29, 1.82) is 0 Å². The van der Waals surface area contributed by atoms with E-state index in [1.54, 1.807) is 6.08 Å². The molecule has 1 fully saturated rings. The third-order valence-corrected chi connectivity index (χ3v) is 2.45. The van der Waals surface area contributed by atoms with Gasteiger partial charge in [-0.3, -0.25) is 0 Å². The molecule has 1 aliphatic heterocycles. The van der Waals surface area contributed by atoms with Gasteiger partial charge in [0, 0.05) is 0 Å². The molecule has 0 aliphatic carbocycles. The van der Waals surface area contributed by atoms with Gasteiger partial charge >= 0.3 is 0 Å². The molecule has 0 spiro atoms. The molecule has 1 rings (SSSR count). The monoisotopic (exact) mass is 318 g/mol. The van der Waals surface area contributed by atoms with Crippen LogP contribution in [0, 0.1) is 0 Å². The van der Waals surface area contributed by atoms with Crippen LogP contribution in [0.3, 0.4) is 0 Å². The van der Waals surface area contributed by atoms with Gasteiger partial charge in [0.05, 0.1) is 11.2 Å². The molecule has 0 aromatic heterocycles. The zero-order chi connectivity index (χ0) is 17.2. The van der Waals surface area contributed by atoms with E-state index in [1.807, 2.05) is 68.4 Å². The Labute approximate surface area is 133 Å². The molecule has 0 amide bonds. The van der Waals surface area contributed by atoms with Crippen LogP contribution in [0.25, 0.3) is 0 Å². The Morgan fingerprint density at radius 3 is 1.50 bits per heavy atom. The van der Waals surface area contributed by atoms with Gasteiger partial charge in [-0.1, -0.05) is 6.08 Å². The molecule has 22 heavy (non-hydrogen) atoms. The number of hydrogen-bond donors (Lipinski definition) is 0. The Kier molecular flexibility index (Phi) is 5.82. The standard InChI is InChI=1S/C16H30O6/c1-13(2,3)19-21-15(7,8)10-11-16(9,12-17-18-12)22-20-14(4,5)6/h10-12H,1-9H3/b11-10+. The van der Waals surface area contributed by atoms with Crippen LogP contribution in [0.4, 0.5) is 0 Å². The summed E-state index contributed by atoms with van der Waals surface area (Å²) in [4.78, 5) is 31.5. The molecule has 0 saturated carbocycles. The van der Waals surface area contributed by atoms with Gasteiger partial charge in [0.15, 0.2) is 5.60 Å². The lowest BCUT2D eigenvalue weighted by Gasteiger charge is -2.29. The molecular weight excluding hydrogens is 288 g/mol. The Balaban J connectivity index is 2.68. The summed E-state index contributed by atoms with van der Waals surface area (Å²) in [7, 11) is 0. The average molecular weight is 318 g/mol. The van der Waals surface area contributed by atoms with Crippen molar-refractivity contribution in [2.45, 2.75) is 91.0 Å². The average Bonchev–Trinajstić information content (AvgIpc) is 3.15.